The molecule has 0 amide bonds. The molecule has 1 rings (SSSR count). The smallest absolute Gasteiger partial charge is 0.0635 e. The van der Waals surface area contributed by atoms with Gasteiger partial charge in [-0.1, -0.05) is 6.42 Å². The number of nitrogens with two attached hydrogens (primary N) is 1. The summed E-state index contributed by atoms with van der Waals surface area (Å²) in [5.74, 6) is 0. The fourth-order valence-electron chi connectivity index (χ4n) is 1.81. The number of piperidine rings is 1. The number of hydrogen-bond donors (Lipinski definition) is 1. The predicted molar refractivity (Wildman–Crippen MR) is 48.5 cm³/mol. The molecule has 12 heavy (non-hydrogen) atoms. The lowest BCUT2D eigenvalue weighted by Crippen LogP contribution is -2.44. The van der Waals surface area contributed by atoms with Crippen molar-refractivity contribution < 1.29 is 0 Å². The normalized spacial score (nSPS) is 25.2. The molecule has 68 valence electrons. The SMILES string of the molecule is N#CCCN1CCCCC1CN. The highest BCUT2D eigenvalue weighted by Crippen LogP contribution is 2.15. The van der Waals surface area contributed by atoms with Crippen LogP contribution in [0, 0.1) is 11.3 Å². The lowest BCUT2D eigenvalue weighted by Gasteiger charge is -2.34. The van der Waals surface area contributed by atoms with Crippen molar-refractivity contribution in [1.29, 1.82) is 5.26 Å². The van der Waals surface area contributed by atoms with E-state index in [0.29, 0.717) is 12.5 Å². The van der Waals surface area contributed by atoms with Gasteiger partial charge < -0.3 is 5.73 Å². The molecular formula is C9H17N3. The molecule has 3 heteroatoms. The van der Waals surface area contributed by atoms with Crippen molar-refractivity contribution in [2.45, 2.75) is 31.7 Å². The maximum atomic E-state index is 8.45. The van der Waals surface area contributed by atoms with Crippen molar-refractivity contribution in [2.24, 2.45) is 5.73 Å². The second-order valence-electron chi connectivity index (χ2n) is 3.33. The van der Waals surface area contributed by atoms with Gasteiger partial charge in [0.2, 0.25) is 0 Å². The molecule has 1 saturated heterocycles. The van der Waals surface area contributed by atoms with Crippen LogP contribution in [0.2, 0.25) is 0 Å². The largest absolute Gasteiger partial charge is 0.329 e. The maximum absolute atomic E-state index is 8.45. The molecule has 1 atom stereocenters. The lowest BCUT2D eigenvalue weighted by atomic mass is 10.0. The van der Waals surface area contributed by atoms with Crippen molar-refractivity contribution in [3.63, 3.8) is 0 Å². The van der Waals surface area contributed by atoms with Gasteiger partial charge in [0.1, 0.15) is 0 Å². The van der Waals surface area contributed by atoms with Crippen LogP contribution in [0.4, 0.5) is 0 Å². The Labute approximate surface area is 74.1 Å². The third kappa shape index (κ3) is 2.47. The summed E-state index contributed by atoms with van der Waals surface area (Å²) in [6.45, 7) is 2.77. The molecule has 1 fully saturated rings. The average molecular weight is 167 g/mol. The van der Waals surface area contributed by atoms with Gasteiger partial charge in [0.15, 0.2) is 0 Å². The number of nitriles is 1. The van der Waals surface area contributed by atoms with Gasteiger partial charge in [-0.3, -0.25) is 4.90 Å². The van der Waals surface area contributed by atoms with Crippen molar-refractivity contribution in [3.05, 3.63) is 0 Å². The number of likely N-dealkylation sites (tertiary alicyclic amines) is 1. The van der Waals surface area contributed by atoms with Crippen LogP contribution in [0.15, 0.2) is 0 Å². The highest BCUT2D eigenvalue weighted by molar-refractivity contribution is 4.80. The van der Waals surface area contributed by atoms with Gasteiger partial charge in [-0.2, -0.15) is 5.26 Å². The third-order valence-corrected chi connectivity index (χ3v) is 2.53. The van der Waals surface area contributed by atoms with Gasteiger partial charge >= 0.3 is 0 Å². The van der Waals surface area contributed by atoms with E-state index in [1.807, 2.05) is 0 Å². The molecule has 0 aliphatic carbocycles. The van der Waals surface area contributed by atoms with E-state index < -0.39 is 0 Å². The first kappa shape index (κ1) is 9.50. The van der Waals surface area contributed by atoms with Crippen LogP contribution in [0.25, 0.3) is 0 Å². The van der Waals surface area contributed by atoms with Crippen LogP contribution in [0.1, 0.15) is 25.7 Å². The molecule has 0 radical (unpaired) electrons. The van der Waals surface area contributed by atoms with Crippen LogP contribution < -0.4 is 5.73 Å². The zero-order chi connectivity index (χ0) is 8.81. The Balaban J connectivity index is 2.32. The highest BCUT2D eigenvalue weighted by Gasteiger charge is 2.19. The second-order valence-corrected chi connectivity index (χ2v) is 3.33. The Morgan fingerprint density at radius 3 is 3.00 bits per heavy atom. The molecular weight excluding hydrogens is 150 g/mol. The van der Waals surface area contributed by atoms with Gasteiger partial charge in [-0.25, -0.2) is 0 Å². The number of nitrogens with zero attached hydrogens (tertiary/aromatic N) is 2. The molecule has 0 aromatic carbocycles. The Bertz CT molecular complexity index is 162. The summed E-state index contributed by atoms with van der Waals surface area (Å²) < 4.78 is 0. The minimum absolute atomic E-state index is 0.534. The van der Waals surface area contributed by atoms with E-state index in [-0.39, 0.29) is 0 Å². The summed E-state index contributed by atoms with van der Waals surface area (Å²) >= 11 is 0. The van der Waals surface area contributed by atoms with Crippen LogP contribution in [0.5, 0.6) is 0 Å². The molecule has 1 aliphatic rings. The van der Waals surface area contributed by atoms with Crippen molar-refractivity contribution in [2.75, 3.05) is 19.6 Å². The average Bonchev–Trinajstić information content (AvgIpc) is 2.15. The number of hydrogen-bond acceptors (Lipinski definition) is 3. The van der Waals surface area contributed by atoms with Crippen LogP contribution in [-0.2, 0) is 0 Å². The van der Waals surface area contributed by atoms with Crippen molar-refractivity contribution in [1.82, 2.24) is 4.90 Å². The molecule has 1 heterocycles. The second kappa shape index (κ2) is 5.13. The van der Waals surface area contributed by atoms with E-state index in [4.69, 9.17) is 11.0 Å². The Hall–Kier alpha value is -0.590. The van der Waals surface area contributed by atoms with E-state index in [1.165, 1.54) is 19.3 Å². The first-order chi connectivity index (χ1) is 5.88. The summed E-state index contributed by atoms with van der Waals surface area (Å²) in [6, 6.07) is 2.71. The predicted octanol–water partition coefficient (Wildman–Crippen LogP) is 0.713. The summed E-state index contributed by atoms with van der Waals surface area (Å²) in [4.78, 5) is 2.35. The molecule has 0 bridgehead atoms. The minimum atomic E-state index is 0.534. The zero-order valence-electron chi connectivity index (χ0n) is 7.50. The summed E-state index contributed by atoms with van der Waals surface area (Å²) in [5, 5.41) is 8.45. The first-order valence-corrected chi connectivity index (χ1v) is 4.69. The van der Waals surface area contributed by atoms with Crippen LogP contribution >= 0.6 is 0 Å². The monoisotopic (exact) mass is 167 g/mol. The van der Waals surface area contributed by atoms with Crippen molar-refractivity contribution >= 4 is 0 Å². The Morgan fingerprint density at radius 1 is 1.50 bits per heavy atom. The van der Waals surface area contributed by atoms with Crippen LogP contribution in [-0.4, -0.2) is 30.6 Å². The summed E-state index contributed by atoms with van der Waals surface area (Å²) in [5.41, 5.74) is 5.64. The maximum Gasteiger partial charge on any atom is 0.0635 e. The molecule has 3 nitrogen and oxygen atoms in total. The van der Waals surface area contributed by atoms with E-state index in [2.05, 4.69) is 11.0 Å². The molecule has 0 aromatic rings. The van der Waals surface area contributed by atoms with Gasteiger partial charge in [0, 0.05) is 25.6 Å². The van der Waals surface area contributed by atoms with Gasteiger partial charge in [-0.05, 0) is 19.4 Å². The molecule has 0 saturated carbocycles. The summed E-state index contributed by atoms with van der Waals surface area (Å²) in [6.07, 6.45) is 4.41. The van der Waals surface area contributed by atoms with Gasteiger partial charge in [0.25, 0.3) is 0 Å². The number of rotatable bonds is 3. The molecule has 2 N–H and O–H groups in total. The van der Waals surface area contributed by atoms with E-state index in [1.54, 1.807) is 0 Å². The van der Waals surface area contributed by atoms with Crippen molar-refractivity contribution in [3.8, 4) is 6.07 Å². The summed E-state index contributed by atoms with van der Waals surface area (Å²) in [7, 11) is 0. The molecule has 1 unspecified atom stereocenters. The topological polar surface area (TPSA) is 53.0 Å². The van der Waals surface area contributed by atoms with Gasteiger partial charge in [-0.15, -0.1) is 0 Å². The fourth-order valence-corrected chi connectivity index (χ4v) is 1.81. The first-order valence-electron chi connectivity index (χ1n) is 4.69. The standard InChI is InChI=1S/C9H17N3/c10-5-3-7-12-6-2-1-4-9(12)8-11/h9H,1-4,6-8,11H2. The minimum Gasteiger partial charge on any atom is -0.329 e. The van der Waals surface area contributed by atoms with Crippen LogP contribution in [0.3, 0.4) is 0 Å². The molecule has 1 aliphatic heterocycles. The quantitative estimate of drug-likeness (QED) is 0.673. The molecule has 0 aromatic heterocycles. The van der Waals surface area contributed by atoms with E-state index in [0.717, 1.165) is 19.6 Å². The Morgan fingerprint density at radius 2 is 2.33 bits per heavy atom. The zero-order valence-corrected chi connectivity index (χ0v) is 7.50. The van der Waals surface area contributed by atoms with E-state index >= 15 is 0 Å². The third-order valence-electron chi connectivity index (χ3n) is 2.53. The lowest BCUT2D eigenvalue weighted by molar-refractivity contribution is 0.156. The fraction of sp³-hybridized carbons (Fsp3) is 0.889. The van der Waals surface area contributed by atoms with E-state index in [9.17, 15) is 0 Å². The molecule has 0 spiro atoms. The Kier molecular flexibility index (Phi) is 4.06. The highest BCUT2D eigenvalue weighted by atomic mass is 15.2. The van der Waals surface area contributed by atoms with Gasteiger partial charge in [0.05, 0.1) is 6.07 Å².